The van der Waals surface area contributed by atoms with E-state index in [1.54, 1.807) is 17.0 Å². The summed E-state index contributed by atoms with van der Waals surface area (Å²) in [6.07, 6.45) is 6.58. The monoisotopic (exact) mass is 515 g/mol. The van der Waals surface area contributed by atoms with Crippen molar-refractivity contribution in [3.63, 3.8) is 0 Å². The van der Waals surface area contributed by atoms with Gasteiger partial charge in [0.25, 0.3) is 0 Å². The molecule has 3 rings (SSSR count). The summed E-state index contributed by atoms with van der Waals surface area (Å²) >= 11 is 7.35. The molecule has 1 atom stereocenters. The number of carbonyl (C=O) groups excluding carboxylic acids is 2. The lowest BCUT2D eigenvalue weighted by molar-refractivity contribution is -0.129. The van der Waals surface area contributed by atoms with Crippen molar-refractivity contribution in [2.45, 2.75) is 64.0 Å². The molecule has 188 valence electrons. The van der Waals surface area contributed by atoms with Crippen LogP contribution in [0.3, 0.4) is 0 Å². The zero-order valence-corrected chi connectivity index (χ0v) is 22.0. The molecule has 1 aliphatic rings. The Labute approximate surface area is 217 Å². The SMILES string of the molecule is CCCCCCCN1C(=O)CC(C(=O)Nc2ccc(OCCC)cc2)SC1=Nc1ccc(Cl)cc1. The third-order valence-electron chi connectivity index (χ3n) is 5.56. The molecule has 0 saturated carbocycles. The van der Waals surface area contributed by atoms with E-state index in [2.05, 4.69) is 19.2 Å². The molecular formula is C27H34ClN3O3S. The van der Waals surface area contributed by atoms with E-state index in [0.29, 0.717) is 34.7 Å². The van der Waals surface area contributed by atoms with Crippen LogP contribution >= 0.6 is 23.4 Å². The summed E-state index contributed by atoms with van der Waals surface area (Å²) in [6.45, 7) is 5.49. The second-order valence-corrected chi connectivity index (χ2v) is 10.1. The third kappa shape index (κ3) is 8.58. The van der Waals surface area contributed by atoms with E-state index in [1.165, 1.54) is 24.6 Å². The highest BCUT2D eigenvalue weighted by Gasteiger charge is 2.35. The number of amidine groups is 1. The molecule has 1 aliphatic heterocycles. The minimum Gasteiger partial charge on any atom is -0.494 e. The molecule has 6 nitrogen and oxygen atoms in total. The number of thioether (sulfide) groups is 1. The van der Waals surface area contributed by atoms with E-state index in [0.717, 1.165) is 31.4 Å². The minimum absolute atomic E-state index is 0.0737. The highest BCUT2D eigenvalue weighted by Crippen LogP contribution is 2.31. The Morgan fingerprint density at radius 1 is 1.06 bits per heavy atom. The van der Waals surface area contributed by atoms with Crippen molar-refractivity contribution < 1.29 is 14.3 Å². The van der Waals surface area contributed by atoms with Crippen LogP contribution in [-0.4, -0.2) is 40.3 Å². The summed E-state index contributed by atoms with van der Waals surface area (Å²) in [5, 5.41) is 3.56. The molecule has 1 saturated heterocycles. The number of carbonyl (C=O) groups is 2. The maximum Gasteiger partial charge on any atom is 0.238 e. The fraction of sp³-hybridized carbons (Fsp3) is 0.444. The predicted molar refractivity (Wildman–Crippen MR) is 146 cm³/mol. The van der Waals surface area contributed by atoms with E-state index in [4.69, 9.17) is 21.3 Å². The summed E-state index contributed by atoms with van der Waals surface area (Å²) in [7, 11) is 0. The van der Waals surface area contributed by atoms with Gasteiger partial charge in [-0.05, 0) is 61.4 Å². The highest BCUT2D eigenvalue weighted by molar-refractivity contribution is 8.15. The maximum absolute atomic E-state index is 13.1. The van der Waals surface area contributed by atoms with E-state index in [-0.39, 0.29) is 18.2 Å². The predicted octanol–water partition coefficient (Wildman–Crippen LogP) is 7.06. The normalized spacial score (nSPS) is 17.0. The molecule has 1 N–H and O–H groups in total. The first kappa shape index (κ1) is 27.1. The average molecular weight is 516 g/mol. The van der Waals surface area contributed by atoms with Gasteiger partial charge < -0.3 is 10.1 Å². The quantitative estimate of drug-likeness (QED) is 0.307. The van der Waals surface area contributed by atoms with Crippen LogP contribution in [0, 0.1) is 0 Å². The summed E-state index contributed by atoms with van der Waals surface area (Å²) in [5.41, 5.74) is 1.37. The molecule has 2 aromatic rings. The number of nitrogens with zero attached hydrogens (tertiary/aromatic N) is 2. The Morgan fingerprint density at radius 2 is 1.77 bits per heavy atom. The van der Waals surface area contributed by atoms with Crippen LogP contribution in [0.4, 0.5) is 11.4 Å². The van der Waals surface area contributed by atoms with E-state index in [1.807, 2.05) is 36.4 Å². The summed E-state index contributed by atoms with van der Waals surface area (Å²) in [4.78, 5) is 32.6. The topological polar surface area (TPSA) is 71.0 Å². The van der Waals surface area contributed by atoms with Crippen LogP contribution in [0.1, 0.15) is 58.8 Å². The molecule has 35 heavy (non-hydrogen) atoms. The van der Waals surface area contributed by atoms with Crippen molar-refractivity contribution in [2.75, 3.05) is 18.5 Å². The molecule has 2 aromatic carbocycles. The Morgan fingerprint density at radius 3 is 2.46 bits per heavy atom. The lowest BCUT2D eigenvalue weighted by Gasteiger charge is -2.32. The molecule has 0 aliphatic carbocycles. The van der Waals surface area contributed by atoms with Gasteiger partial charge in [0.1, 0.15) is 11.0 Å². The molecule has 2 amide bonds. The number of ether oxygens (including phenoxy) is 1. The van der Waals surface area contributed by atoms with Gasteiger partial charge in [0.15, 0.2) is 5.17 Å². The van der Waals surface area contributed by atoms with E-state index >= 15 is 0 Å². The number of unbranched alkanes of at least 4 members (excludes halogenated alkanes) is 4. The number of hydrogen-bond donors (Lipinski definition) is 1. The second kappa shape index (κ2) is 14.1. The first-order valence-electron chi connectivity index (χ1n) is 12.3. The van der Waals surface area contributed by atoms with Gasteiger partial charge in [-0.15, -0.1) is 0 Å². The summed E-state index contributed by atoms with van der Waals surface area (Å²) in [5.74, 6) is 0.478. The van der Waals surface area contributed by atoms with E-state index in [9.17, 15) is 9.59 Å². The molecule has 0 bridgehead atoms. The number of halogens is 1. The van der Waals surface area contributed by atoms with Crippen molar-refractivity contribution in [2.24, 2.45) is 4.99 Å². The van der Waals surface area contributed by atoms with Crippen molar-refractivity contribution in [3.8, 4) is 5.75 Å². The average Bonchev–Trinajstić information content (AvgIpc) is 2.86. The molecule has 0 aromatic heterocycles. The minimum atomic E-state index is -0.555. The van der Waals surface area contributed by atoms with Crippen molar-refractivity contribution in [3.05, 3.63) is 53.6 Å². The lowest BCUT2D eigenvalue weighted by atomic mass is 10.1. The Kier molecular flexibility index (Phi) is 10.9. The van der Waals surface area contributed by atoms with Gasteiger partial charge in [0.05, 0.1) is 12.3 Å². The smallest absolute Gasteiger partial charge is 0.238 e. The van der Waals surface area contributed by atoms with Gasteiger partial charge in [-0.1, -0.05) is 62.9 Å². The van der Waals surface area contributed by atoms with Gasteiger partial charge >= 0.3 is 0 Å². The molecule has 1 unspecified atom stereocenters. The largest absolute Gasteiger partial charge is 0.494 e. The van der Waals surface area contributed by atoms with E-state index < -0.39 is 5.25 Å². The van der Waals surface area contributed by atoms with Gasteiger partial charge in [-0.25, -0.2) is 4.99 Å². The third-order valence-corrected chi connectivity index (χ3v) is 7.00. The summed E-state index contributed by atoms with van der Waals surface area (Å²) < 4.78 is 5.60. The number of benzene rings is 2. The Hall–Kier alpha value is -2.51. The van der Waals surface area contributed by atoms with Crippen molar-refractivity contribution in [1.82, 2.24) is 4.90 Å². The fourth-order valence-electron chi connectivity index (χ4n) is 3.64. The standard InChI is InChI=1S/C27H34ClN3O3S/c1-3-5-6-7-8-17-31-25(32)19-24(35-27(31)30-22-11-9-20(28)10-12-22)26(33)29-21-13-15-23(16-14-21)34-18-4-2/h9-16,24H,3-8,17-19H2,1-2H3,(H,29,33). The Bertz CT molecular complexity index is 996. The van der Waals surface area contributed by atoms with Gasteiger partial charge in [0.2, 0.25) is 11.8 Å². The van der Waals surface area contributed by atoms with Crippen LogP contribution in [0.15, 0.2) is 53.5 Å². The van der Waals surface area contributed by atoms with Crippen LogP contribution in [0.5, 0.6) is 5.75 Å². The molecule has 1 heterocycles. The van der Waals surface area contributed by atoms with Gasteiger partial charge in [-0.2, -0.15) is 0 Å². The number of hydrogen-bond acceptors (Lipinski definition) is 5. The van der Waals surface area contributed by atoms with Gasteiger partial charge in [-0.3, -0.25) is 14.5 Å². The number of rotatable bonds is 12. The highest BCUT2D eigenvalue weighted by atomic mass is 35.5. The van der Waals surface area contributed by atoms with Gasteiger partial charge in [0, 0.05) is 23.7 Å². The molecule has 8 heteroatoms. The number of nitrogens with one attached hydrogen (secondary N) is 1. The first-order valence-corrected chi connectivity index (χ1v) is 13.6. The number of aliphatic imine (C=N–C) groups is 1. The molecule has 0 radical (unpaired) electrons. The zero-order valence-electron chi connectivity index (χ0n) is 20.5. The number of amides is 2. The molecular weight excluding hydrogens is 482 g/mol. The number of anilines is 1. The maximum atomic E-state index is 13.1. The van der Waals surface area contributed by atoms with Crippen LogP contribution in [-0.2, 0) is 9.59 Å². The van der Waals surface area contributed by atoms with Crippen molar-refractivity contribution in [1.29, 1.82) is 0 Å². The van der Waals surface area contributed by atoms with Crippen LogP contribution < -0.4 is 10.1 Å². The summed E-state index contributed by atoms with van der Waals surface area (Å²) in [6, 6.07) is 14.4. The zero-order chi connectivity index (χ0) is 25.0. The second-order valence-electron chi connectivity index (χ2n) is 8.50. The molecule has 1 fully saturated rings. The fourth-order valence-corrected chi connectivity index (χ4v) is 4.89. The first-order chi connectivity index (χ1) is 17.0. The van der Waals surface area contributed by atoms with Crippen LogP contribution in [0.25, 0.3) is 0 Å². The Balaban J connectivity index is 1.70. The molecule has 0 spiro atoms. The van der Waals surface area contributed by atoms with Crippen molar-refractivity contribution >= 4 is 51.7 Å². The van der Waals surface area contributed by atoms with Crippen LogP contribution in [0.2, 0.25) is 5.02 Å². The lowest BCUT2D eigenvalue weighted by Crippen LogP contribution is -2.45.